The molecule has 0 bridgehead atoms. The first-order valence-electron chi connectivity index (χ1n) is 7.44. The lowest BCUT2D eigenvalue weighted by atomic mass is 9.94. The molecular formula is C16H24N2O3. The van der Waals surface area contributed by atoms with Crippen LogP contribution in [0.15, 0.2) is 24.3 Å². The zero-order valence-electron chi connectivity index (χ0n) is 12.7. The third kappa shape index (κ3) is 4.44. The van der Waals surface area contributed by atoms with Gasteiger partial charge in [0.2, 0.25) is 0 Å². The maximum atomic E-state index is 12.5. The molecular weight excluding hydrogens is 268 g/mol. The van der Waals surface area contributed by atoms with Gasteiger partial charge in [-0.15, -0.1) is 0 Å². The molecule has 0 spiro atoms. The van der Waals surface area contributed by atoms with Crippen molar-refractivity contribution < 1.29 is 14.3 Å². The quantitative estimate of drug-likeness (QED) is 0.779. The molecule has 0 aliphatic carbocycles. The van der Waals surface area contributed by atoms with E-state index in [0.717, 1.165) is 19.5 Å². The van der Waals surface area contributed by atoms with Gasteiger partial charge in [-0.25, -0.2) is 0 Å². The zero-order valence-corrected chi connectivity index (χ0v) is 12.7. The third-order valence-corrected chi connectivity index (χ3v) is 3.82. The van der Waals surface area contributed by atoms with E-state index in [-0.39, 0.29) is 11.9 Å². The van der Waals surface area contributed by atoms with Crippen molar-refractivity contribution in [2.75, 3.05) is 33.4 Å². The summed E-state index contributed by atoms with van der Waals surface area (Å²) in [6.07, 6.45) is 1.08. The van der Waals surface area contributed by atoms with Crippen LogP contribution in [0.25, 0.3) is 0 Å². The van der Waals surface area contributed by atoms with Crippen LogP contribution in [0.5, 0.6) is 5.75 Å². The van der Waals surface area contributed by atoms with Crippen molar-refractivity contribution in [3.63, 3.8) is 0 Å². The summed E-state index contributed by atoms with van der Waals surface area (Å²) in [5, 5.41) is 6.42. The average Bonchev–Trinajstić information content (AvgIpc) is 2.50. The summed E-state index contributed by atoms with van der Waals surface area (Å²) in [5.41, 5.74) is 0.575. The molecule has 116 valence electrons. The number of carbonyl (C=O) groups is 1. The lowest BCUT2D eigenvalue weighted by Gasteiger charge is -2.30. The van der Waals surface area contributed by atoms with E-state index in [2.05, 4.69) is 17.6 Å². The molecule has 1 fully saturated rings. The number of para-hydroxylation sites is 1. The van der Waals surface area contributed by atoms with Crippen LogP contribution in [0.3, 0.4) is 0 Å². The Morgan fingerprint density at radius 2 is 2.19 bits per heavy atom. The van der Waals surface area contributed by atoms with Crippen molar-refractivity contribution in [1.82, 2.24) is 10.6 Å². The number of ether oxygens (including phenoxy) is 2. The molecule has 0 radical (unpaired) electrons. The van der Waals surface area contributed by atoms with Crippen LogP contribution in [0.2, 0.25) is 0 Å². The molecule has 1 saturated heterocycles. The Hall–Kier alpha value is -1.59. The Kier molecular flexibility index (Phi) is 6.02. The van der Waals surface area contributed by atoms with Crippen LogP contribution in [0, 0.1) is 5.92 Å². The topological polar surface area (TPSA) is 59.6 Å². The van der Waals surface area contributed by atoms with Crippen LogP contribution in [0.1, 0.15) is 23.7 Å². The smallest absolute Gasteiger partial charge is 0.255 e. The normalized spacial score (nSPS) is 21.8. The zero-order chi connectivity index (χ0) is 15.1. The fourth-order valence-electron chi connectivity index (χ4n) is 2.44. The number of rotatable bonds is 6. The van der Waals surface area contributed by atoms with E-state index < -0.39 is 0 Å². The lowest BCUT2D eigenvalue weighted by molar-refractivity contribution is 0.0907. The van der Waals surface area contributed by atoms with Gasteiger partial charge in [0.1, 0.15) is 12.4 Å². The number of amides is 1. The number of hydrogen-bond donors (Lipinski definition) is 2. The predicted molar refractivity (Wildman–Crippen MR) is 81.7 cm³/mol. The molecule has 21 heavy (non-hydrogen) atoms. The Balaban J connectivity index is 2.00. The number of methoxy groups -OCH3 is 1. The first-order chi connectivity index (χ1) is 10.2. The number of nitrogens with one attached hydrogen (secondary N) is 2. The second kappa shape index (κ2) is 8.00. The van der Waals surface area contributed by atoms with Crippen LogP contribution in [-0.4, -0.2) is 45.4 Å². The molecule has 2 N–H and O–H groups in total. The molecule has 2 unspecified atom stereocenters. The third-order valence-electron chi connectivity index (χ3n) is 3.82. The maximum Gasteiger partial charge on any atom is 0.255 e. The Morgan fingerprint density at radius 1 is 1.38 bits per heavy atom. The van der Waals surface area contributed by atoms with Gasteiger partial charge < -0.3 is 20.1 Å². The molecule has 1 aromatic rings. The fraction of sp³-hybridized carbons (Fsp3) is 0.562. The first-order valence-corrected chi connectivity index (χ1v) is 7.44. The highest BCUT2D eigenvalue weighted by Gasteiger charge is 2.24. The lowest BCUT2D eigenvalue weighted by Crippen LogP contribution is -2.50. The Morgan fingerprint density at radius 3 is 2.95 bits per heavy atom. The van der Waals surface area contributed by atoms with Crippen molar-refractivity contribution in [3.8, 4) is 5.75 Å². The van der Waals surface area contributed by atoms with E-state index >= 15 is 0 Å². The van der Waals surface area contributed by atoms with Gasteiger partial charge in [0, 0.05) is 19.7 Å². The van der Waals surface area contributed by atoms with Gasteiger partial charge >= 0.3 is 0 Å². The monoisotopic (exact) mass is 292 g/mol. The highest BCUT2D eigenvalue weighted by Crippen LogP contribution is 2.19. The Labute approximate surface area is 126 Å². The predicted octanol–water partition coefficient (Wildman–Crippen LogP) is 1.44. The standard InChI is InChI=1S/C16H24N2O3/c1-12-7-8-17-11-14(12)18-16(19)13-5-3-4-6-15(13)21-10-9-20-2/h3-6,12,14,17H,7-11H2,1-2H3,(H,18,19). The van der Waals surface area contributed by atoms with Gasteiger partial charge in [-0.3, -0.25) is 4.79 Å². The number of hydrogen-bond acceptors (Lipinski definition) is 4. The van der Waals surface area contributed by atoms with Gasteiger partial charge in [0.05, 0.1) is 12.2 Å². The van der Waals surface area contributed by atoms with Crippen LogP contribution < -0.4 is 15.4 Å². The summed E-state index contributed by atoms with van der Waals surface area (Å²) in [6.45, 7) is 4.94. The van der Waals surface area contributed by atoms with Gasteiger partial charge in [-0.2, -0.15) is 0 Å². The molecule has 1 aliphatic heterocycles. The van der Waals surface area contributed by atoms with E-state index in [9.17, 15) is 4.79 Å². The summed E-state index contributed by atoms with van der Waals surface area (Å²) < 4.78 is 10.6. The summed E-state index contributed by atoms with van der Waals surface area (Å²) in [7, 11) is 1.62. The molecule has 1 aromatic carbocycles. The highest BCUT2D eigenvalue weighted by atomic mass is 16.5. The van der Waals surface area contributed by atoms with Crippen LogP contribution in [-0.2, 0) is 4.74 Å². The van der Waals surface area contributed by atoms with Crippen molar-refractivity contribution in [1.29, 1.82) is 0 Å². The van der Waals surface area contributed by atoms with Crippen molar-refractivity contribution >= 4 is 5.91 Å². The number of piperidine rings is 1. The number of carbonyl (C=O) groups excluding carboxylic acids is 1. The molecule has 0 aromatic heterocycles. The molecule has 0 saturated carbocycles. The van der Waals surface area contributed by atoms with Crippen LogP contribution in [0.4, 0.5) is 0 Å². The van der Waals surface area contributed by atoms with Gasteiger partial charge in [0.15, 0.2) is 0 Å². The summed E-state index contributed by atoms with van der Waals surface area (Å²) in [5.74, 6) is 1.00. The van der Waals surface area contributed by atoms with Gasteiger partial charge in [0.25, 0.3) is 5.91 Å². The maximum absolute atomic E-state index is 12.5. The molecule has 1 heterocycles. The second-order valence-electron chi connectivity index (χ2n) is 5.39. The minimum absolute atomic E-state index is 0.0800. The molecule has 1 amide bonds. The van der Waals surface area contributed by atoms with Crippen molar-refractivity contribution in [2.24, 2.45) is 5.92 Å². The summed E-state index contributed by atoms with van der Waals surface area (Å²) >= 11 is 0. The second-order valence-corrected chi connectivity index (χ2v) is 5.39. The molecule has 1 aliphatic rings. The minimum atomic E-state index is -0.0800. The van der Waals surface area contributed by atoms with E-state index in [1.807, 2.05) is 18.2 Å². The molecule has 5 heteroatoms. The van der Waals surface area contributed by atoms with Crippen molar-refractivity contribution in [3.05, 3.63) is 29.8 Å². The SMILES string of the molecule is COCCOc1ccccc1C(=O)NC1CNCCC1C. The van der Waals surface area contributed by atoms with E-state index in [0.29, 0.717) is 30.4 Å². The van der Waals surface area contributed by atoms with Crippen molar-refractivity contribution in [2.45, 2.75) is 19.4 Å². The minimum Gasteiger partial charge on any atom is -0.490 e. The largest absolute Gasteiger partial charge is 0.490 e. The van der Waals surface area contributed by atoms with E-state index in [1.54, 1.807) is 13.2 Å². The van der Waals surface area contributed by atoms with Gasteiger partial charge in [-0.1, -0.05) is 19.1 Å². The number of benzene rings is 1. The average molecular weight is 292 g/mol. The fourth-order valence-corrected chi connectivity index (χ4v) is 2.44. The van der Waals surface area contributed by atoms with Gasteiger partial charge in [-0.05, 0) is 31.0 Å². The molecule has 2 atom stereocenters. The highest BCUT2D eigenvalue weighted by molar-refractivity contribution is 5.97. The van der Waals surface area contributed by atoms with E-state index in [1.165, 1.54) is 0 Å². The van der Waals surface area contributed by atoms with E-state index in [4.69, 9.17) is 9.47 Å². The van der Waals surface area contributed by atoms with Crippen LogP contribution >= 0.6 is 0 Å². The Bertz CT molecular complexity index is 465. The molecule has 2 rings (SSSR count). The molecule has 5 nitrogen and oxygen atoms in total. The summed E-state index contributed by atoms with van der Waals surface area (Å²) in [4.78, 5) is 12.5. The first kappa shape index (κ1) is 15.8. The summed E-state index contributed by atoms with van der Waals surface area (Å²) in [6, 6.07) is 7.48.